The minimum atomic E-state index is 0.209. The summed E-state index contributed by atoms with van der Waals surface area (Å²) < 4.78 is 6.07. The van der Waals surface area contributed by atoms with Crippen LogP contribution in [0, 0.1) is 18.3 Å². The quantitative estimate of drug-likeness (QED) is 0.547. The SMILES string of the molecule is CCc1c(C)ncc(-c2ccc(OC(C)C(C)C)cc2)c1N1CCC(C)(C)CC1. The van der Waals surface area contributed by atoms with Gasteiger partial charge in [0.05, 0.1) is 11.8 Å². The van der Waals surface area contributed by atoms with E-state index < -0.39 is 0 Å². The van der Waals surface area contributed by atoms with E-state index in [0.717, 1.165) is 31.0 Å². The summed E-state index contributed by atoms with van der Waals surface area (Å²) in [6.45, 7) is 17.9. The maximum Gasteiger partial charge on any atom is 0.119 e. The first-order valence-corrected chi connectivity index (χ1v) is 11.2. The summed E-state index contributed by atoms with van der Waals surface area (Å²) in [4.78, 5) is 7.34. The summed E-state index contributed by atoms with van der Waals surface area (Å²) in [5.74, 6) is 1.44. The van der Waals surface area contributed by atoms with Gasteiger partial charge < -0.3 is 9.64 Å². The molecule has 3 heteroatoms. The highest BCUT2D eigenvalue weighted by atomic mass is 16.5. The number of aromatic nitrogens is 1. The lowest BCUT2D eigenvalue weighted by molar-refractivity contribution is 0.170. The van der Waals surface area contributed by atoms with Gasteiger partial charge in [-0.3, -0.25) is 4.98 Å². The maximum atomic E-state index is 6.07. The Morgan fingerprint density at radius 2 is 1.69 bits per heavy atom. The molecule has 0 spiro atoms. The van der Waals surface area contributed by atoms with E-state index in [2.05, 4.69) is 83.8 Å². The Balaban J connectivity index is 1.95. The molecular formula is C26H38N2O. The third-order valence-electron chi connectivity index (χ3n) is 6.58. The Hall–Kier alpha value is -2.03. The molecule has 1 aliphatic heterocycles. The average Bonchev–Trinajstić information content (AvgIpc) is 2.68. The van der Waals surface area contributed by atoms with Crippen LogP contribution < -0.4 is 9.64 Å². The fourth-order valence-corrected chi connectivity index (χ4v) is 4.03. The van der Waals surface area contributed by atoms with Crippen molar-refractivity contribution in [1.29, 1.82) is 0 Å². The van der Waals surface area contributed by atoms with Gasteiger partial charge in [0, 0.05) is 30.5 Å². The number of rotatable bonds is 6. The van der Waals surface area contributed by atoms with Crippen molar-refractivity contribution in [3.63, 3.8) is 0 Å². The van der Waals surface area contributed by atoms with Crippen molar-refractivity contribution in [2.75, 3.05) is 18.0 Å². The zero-order valence-electron chi connectivity index (χ0n) is 19.4. The number of piperidine rings is 1. The third kappa shape index (κ3) is 4.94. The summed E-state index contributed by atoms with van der Waals surface area (Å²) >= 11 is 0. The molecule has 29 heavy (non-hydrogen) atoms. The van der Waals surface area contributed by atoms with Crippen LogP contribution in [-0.4, -0.2) is 24.2 Å². The van der Waals surface area contributed by atoms with Crippen molar-refractivity contribution in [3.05, 3.63) is 41.7 Å². The Kier molecular flexibility index (Phi) is 6.55. The van der Waals surface area contributed by atoms with Crippen LogP contribution in [0.3, 0.4) is 0 Å². The van der Waals surface area contributed by atoms with E-state index in [1.165, 1.54) is 35.2 Å². The van der Waals surface area contributed by atoms with E-state index in [4.69, 9.17) is 9.72 Å². The molecule has 1 atom stereocenters. The second-order valence-corrected chi connectivity index (χ2v) is 9.68. The molecule has 1 aromatic heterocycles. The predicted molar refractivity (Wildman–Crippen MR) is 124 cm³/mol. The van der Waals surface area contributed by atoms with Gasteiger partial charge in [0.1, 0.15) is 5.75 Å². The molecule has 1 aliphatic rings. The largest absolute Gasteiger partial charge is 0.490 e. The normalized spacial score (nSPS) is 17.4. The number of ether oxygens (including phenoxy) is 1. The summed E-state index contributed by atoms with van der Waals surface area (Å²) in [6, 6.07) is 8.57. The highest BCUT2D eigenvalue weighted by Crippen LogP contribution is 2.40. The first-order valence-electron chi connectivity index (χ1n) is 11.2. The molecule has 1 fully saturated rings. The summed E-state index contributed by atoms with van der Waals surface area (Å²) in [5, 5.41) is 0. The Morgan fingerprint density at radius 1 is 1.07 bits per heavy atom. The Bertz CT molecular complexity index is 813. The van der Waals surface area contributed by atoms with Crippen molar-refractivity contribution < 1.29 is 4.74 Å². The summed E-state index contributed by atoms with van der Waals surface area (Å²) in [6.07, 6.45) is 5.75. The highest BCUT2D eigenvalue weighted by molar-refractivity contribution is 5.81. The van der Waals surface area contributed by atoms with Crippen LogP contribution in [0.5, 0.6) is 5.75 Å². The van der Waals surface area contributed by atoms with Crippen molar-refractivity contribution in [3.8, 4) is 16.9 Å². The molecule has 3 nitrogen and oxygen atoms in total. The van der Waals surface area contributed by atoms with Gasteiger partial charge >= 0.3 is 0 Å². The lowest BCUT2D eigenvalue weighted by Crippen LogP contribution is -2.38. The van der Waals surface area contributed by atoms with Crippen molar-refractivity contribution >= 4 is 5.69 Å². The average molecular weight is 395 g/mol. The molecule has 1 saturated heterocycles. The third-order valence-corrected chi connectivity index (χ3v) is 6.58. The van der Waals surface area contributed by atoms with E-state index in [-0.39, 0.29) is 6.10 Å². The van der Waals surface area contributed by atoms with Gasteiger partial charge in [0.15, 0.2) is 0 Å². The van der Waals surface area contributed by atoms with Gasteiger partial charge in [-0.05, 0) is 67.7 Å². The fraction of sp³-hybridized carbons (Fsp3) is 0.577. The second-order valence-electron chi connectivity index (χ2n) is 9.68. The van der Waals surface area contributed by atoms with Crippen LogP contribution in [0.15, 0.2) is 30.5 Å². The maximum absolute atomic E-state index is 6.07. The number of aryl methyl sites for hydroxylation is 1. The Morgan fingerprint density at radius 3 is 2.24 bits per heavy atom. The molecule has 0 radical (unpaired) electrons. The number of pyridine rings is 1. The van der Waals surface area contributed by atoms with Crippen LogP contribution in [0.1, 0.15) is 65.6 Å². The first-order chi connectivity index (χ1) is 13.7. The standard InChI is InChI=1S/C26H38N2O/c1-8-23-19(4)27-17-24(25(23)28-15-13-26(6,7)14-16-28)21-9-11-22(12-10-21)29-20(5)18(2)3/h9-12,17-18,20H,8,13-16H2,1-7H3. The van der Waals surface area contributed by atoms with E-state index in [1.54, 1.807) is 0 Å². The van der Waals surface area contributed by atoms with Gasteiger partial charge in [-0.25, -0.2) is 0 Å². The van der Waals surface area contributed by atoms with E-state index in [1.807, 2.05) is 0 Å². The van der Waals surface area contributed by atoms with Crippen molar-refractivity contribution in [2.45, 2.75) is 73.8 Å². The van der Waals surface area contributed by atoms with Gasteiger partial charge in [0.25, 0.3) is 0 Å². The smallest absolute Gasteiger partial charge is 0.119 e. The molecule has 0 aliphatic carbocycles. The fourth-order valence-electron chi connectivity index (χ4n) is 4.03. The van der Waals surface area contributed by atoms with Crippen LogP contribution in [0.4, 0.5) is 5.69 Å². The number of anilines is 1. The molecule has 3 rings (SSSR count). The molecular weight excluding hydrogens is 356 g/mol. The first kappa shape index (κ1) is 21.7. The number of benzene rings is 1. The molecule has 0 amide bonds. The molecule has 2 aromatic rings. The highest BCUT2D eigenvalue weighted by Gasteiger charge is 2.28. The molecule has 0 N–H and O–H groups in total. The van der Waals surface area contributed by atoms with Gasteiger partial charge in [0.2, 0.25) is 0 Å². The molecule has 1 aromatic carbocycles. The van der Waals surface area contributed by atoms with Crippen LogP contribution in [0.25, 0.3) is 11.1 Å². The lowest BCUT2D eigenvalue weighted by atomic mass is 9.82. The summed E-state index contributed by atoms with van der Waals surface area (Å²) in [7, 11) is 0. The Labute approximate surface area is 177 Å². The lowest BCUT2D eigenvalue weighted by Gasteiger charge is -2.40. The zero-order chi connectivity index (χ0) is 21.2. The van der Waals surface area contributed by atoms with Crippen molar-refractivity contribution in [2.24, 2.45) is 11.3 Å². The monoisotopic (exact) mass is 394 g/mol. The zero-order valence-corrected chi connectivity index (χ0v) is 19.4. The molecule has 2 heterocycles. The van der Waals surface area contributed by atoms with Gasteiger partial charge in [-0.1, -0.05) is 46.8 Å². The topological polar surface area (TPSA) is 25.4 Å². The molecule has 158 valence electrons. The van der Waals surface area contributed by atoms with Crippen LogP contribution >= 0.6 is 0 Å². The molecule has 0 saturated carbocycles. The summed E-state index contributed by atoms with van der Waals surface area (Å²) in [5.41, 5.74) is 6.83. The van der Waals surface area contributed by atoms with Gasteiger partial charge in [-0.2, -0.15) is 0 Å². The minimum Gasteiger partial charge on any atom is -0.490 e. The van der Waals surface area contributed by atoms with Gasteiger partial charge in [-0.15, -0.1) is 0 Å². The van der Waals surface area contributed by atoms with Crippen LogP contribution in [0.2, 0.25) is 0 Å². The van der Waals surface area contributed by atoms with E-state index >= 15 is 0 Å². The second kappa shape index (κ2) is 8.77. The number of hydrogen-bond acceptors (Lipinski definition) is 3. The number of nitrogens with zero attached hydrogens (tertiary/aromatic N) is 2. The number of hydrogen-bond donors (Lipinski definition) is 0. The minimum absolute atomic E-state index is 0.209. The predicted octanol–water partition coefficient (Wildman–Crippen LogP) is 6.67. The van der Waals surface area contributed by atoms with E-state index in [9.17, 15) is 0 Å². The van der Waals surface area contributed by atoms with E-state index in [0.29, 0.717) is 11.3 Å². The van der Waals surface area contributed by atoms with Crippen molar-refractivity contribution in [1.82, 2.24) is 4.98 Å². The van der Waals surface area contributed by atoms with Crippen LogP contribution in [-0.2, 0) is 6.42 Å². The molecule has 0 bridgehead atoms. The molecule has 1 unspecified atom stereocenters.